The zero-order valence-corrected chi connectivity index (χ0v) is 17.7. The average Bonchev–Trinajstić information content (AvgIpc) is 3.10. The lowest BCUT2D eigenvalue weighted by Crippen LogP contribution is -2.57. The molecule has 7 nitrogen and oxygen atoms in total. The molecular weight excluding hydrogens is 397 g/mol. The maximum absolute atomic E-state index is 13.3. The van der Waals surface area contributed by atoms with Crippen molar-refractivity contribution in [1.82, 2.24) is 14.7 Å². The molecule has 2 N–H and O–H groups in total. The third kappa shape index (κ3) is 3.31. The van der Waals surface area contributed by atoms with E-state index < -0.39 is 6.04 Å². The van der Waals surface area contributed by atoms with Gasteiger partial charge in [0, 0.05) is 25.2 Å². The number of amides is 2. The zero-order valence-electron chi connectivity index (χ0n) is 17.7. The molecule has 2 bridgehead atoms. The molecule has 164 valence electrons. The predicted molar refractivity (Wildman–Crippen MR) is 111 cm³/mol. The standard InChI is InChI=1S/C23H28FN5O2/c1-2-19(13-3-5-15(24)6-4-13)29-17-9-21(23(29)31)27(11-17)12-18(26)22(30)28-16(10-25)7-14-8-20(14)28/h3-6,14,16-21H,2,7-9,11-12,26H2,1H3/t14-,16+,17?,18+,19+,20+,21-/m1/s1. The van der Waals surface area contributed by atoms with E-state index in [4.69, 9.17) is 5.73 Å². The number of carbonyl (C=O) groups is 2. The number of nitrogens with two attached hydrogens (primary N) is 1. The molecule has 5 rings (SSSR count). The number of likely N-dealkylation sites (tertiary alicyclic amines) is 3. The van der Waals surface area contributed by atoms with Crippen LogP contribution in [0.25, 0.3) is 0 Å². The summed E-state index contributed by atoms with van der Waals surface area (Å²) in [4.78, 5) is 31.8. The Balaban J connectivity index is 1.25. The maximum Gasteiger partial charge on any atom is 0.242 e. The number of hydrogen-bond donors (Lipinski definition) is 1. The van der Waals surface area contributed by atoms with Crippen molar-refractivity contribution in [3.63, 3.8) is 0 Å². The highest BCUT2D eigenvalue weighted by molar-refractivity contribution is 5.87. The van der Waals surface area contributed by atoms with Crippen molar-refractivity contribution in [2.75, 3.05) is 13.1 Å². The van der Waals surface area contributed by atoms with Crippen LogP contribution in [-0.2, 0) is 9.59 Å². The second-order valence-corrected chi connectivity index (χ2v) is 9.38. The Labute approximate surface area is 181 Å². The summed E-state index contributed by atoms with van der Waals surface area (Å²) in [6.07, 6.45) is 3.21. The van der Waals surface area contributed by atoms with E-state index in [1.165, 1.54) is 12.1 Å². The molecule has 0 radical (unpaired) electrons. The zero-order chi connectivity index (χ0) is 21.9. The maximum atomic E-state index is 13.3. The summed E-state index contributed by atoms with van der Waals surface area (Å²) in [5.41, 5.74) is 7.22. The largest absolute Gasteiger partial charge is 0.330 e. The molecule has 0 aromatic heterocycles. The van der Waals surface area contributed by atoms with Gasteiger partial charge < -0.3 is 15.5 Å². The minimum Gasteiger partial charge on any atom is -0.330 e. The Morgan fingerprint density at radius 1 is 1.29 bits per heavy atom. The lowest BCUT2D eigenvalue weighted by molar-refractivity contribution is -0.141. The van der Waals surface area contributed by atoms with Crippen LogP contribution in [0.2, 0.25) is 0 Å². The van der Waals surface area contributed by atoms with Gasteiger partial charge in [0.05, 0.1) is 24.2 Å². The molecule has 3 heterocycles. The first kappa shape index (κ1) is 20.4. The van der Waals surface area contributed by atoms with E-state index in [0.717, 1.165) is 31.2 Å². The SMILES string of the molecule is CC[C@@H](c1ccc(F)cc1)N1C(=O)[C@H]2CC1CN2C[C@H](N)C(=O)N1[C@H](C#N)C[C@@H]2C[C@@H]21. The summed E-state index contributed by atoms with van der Waals surface area (Å²) in [7, 11) is 0. The van der Waals surface area contributed by atoms with Crippen LogP contribution in [0.4, 0.5) is 4.39 Å². The lowest BCUT2D eigenvalue weighted by atomic mass is 10.0. The summed E-state index contributed by atoms with van der Waals surface area (Å²) < 4.78 is 13.3. The number of benzene rings is 1. The fraction of sp³-hybridized carbons (Fsp3) is 0.609. The highest BCUT2D eigenvalue weighted by atomic mass is 19.1. The molecule has 3 aliphatic heterocycles. The number of nitriles is 1. The van der Waals surface area contributed by atoms with Crippen LogP contribution in [-0.4, -0.2) is 69.8 Å². The molecule has 1 aromatic carbocycles. The summed E-state index contributed by atoms with van der Waals surface area (Å²) in [5.74, 6) is 0.0646. The van der Waals surface area contributed by atoms with Gasteiger partial charge >= 0.3 is 0 Å². The molecule has 1 aliphatic carbocycles. The fourth-order valence-corrected chi connectivity index (χ4v) is 5.99. The van der Waals surface area contributed by atoms with E-state index in [2.05, 4.69) is 6.07 Å². The van der Waals surface area contributed by atoms with Gasteiger partial charge in [0.25, 0.3) is 0 Å². The van der Waals surface area contributed by atoms with E-state index in [1.807, 2.05) is 16.7 Å². The van der Waals surface area contributed by atoms with E-state index in [0.29, 0.717) is 19.0 Å². The Bertz CT molecular complexity index is 931. The molecule has 4 aliphatic rings. The first-order chi connectivity index (χ1) is 14.9. The number of piperazine rings is 1. The third-order valence-corrected chi connectivity index (χ3v) is 7.55. The van der Waals surface area contributed by atoms with E-state index in [-0.39, 0.29) is 47.8 Å². The van der Waals surface area contributed by atoms with Crippen molar-refractivity contribution in [2.45, 2.75) is 68.9 Å². The van der Waals surface area contributed by atoms with Gasteiger partial charge in [-0.2, -0.15) is 5.26 Å². The summed E-state index contributed by atoms with van der Waals surface area (Å²) in [5, 5.41) is 9.36. The molecule has 1 aromatic rings. The molecule has 1 saturated carbocycles. The molecule has 4 fully saturated rings. The smallest absolute Gasteiger partial charge is 0.242 e. The Hall–Kier alpha value is -2.50. The van der Waals surface area contributed by atoms with Crippen LogP contribution in [0.1, 0.15) is 44.2 Å². The predicted octanol–water partition coefficient (Wildman–Crippen LogP) is 1.40. The first-order valence-electron chi connectivity index (χ1n) is 11.2. The number of hydrogen-bond acceptors (Lipinski definition) is 5. The van der Waals surface area contributed by atoms with Crippen LogP contribution in [0.5, 0.6) is 0 Å². The van der Waals surface area contributed by atoms with Gasteiger partial charge in [-0.15, -0.1) is 0 Å². The van der Waals surface area contributed by atoms with Gasteiger partial charge in [-0.25, -0.2) is 4.39 Å². The Morgan fingerprint density at radius 3 is 2.68 bits per heavy atom. The van der Waals surface area contributed by atoms with Crippen molar-refractivity contribution in [1.29, 1.82) is 5.26 Å². The summed E-state index contributed by atoms with van der Waals surface area (Å²) in [6.45, 7) is 3.05. The Kier molecular flexibility index (Phi) is 4.98. The second-order valence-electron chi connectivity index (χ2n) is 9.38. The average molecular weight is 426 g/mol. The molecular formula is C23H28FN5O2. The van der Waals surface area contributed by atoms with Crippen LogP contribution < -0.4 is 5.73 Å². The van der Waals surface area contributed by atoms with Crippen LogP contribution in [0, 0.1) is 23.1 Å². The molecule has 0 spiro atoms. The second kappa shape index (κ2) is 7.57. The van der Waals surface area contributed by atoms with Gasteiger partial charge in [-0.3, -0.25) is 14.5 Å². The van der Waals surface area contributed by atoms with Gasteiger partial charge in [0.15, 0.2) is 0 Å². The topological polar surface area (TPSA) is 93.7 Å². The normalized spacial score (nSPS) is 33.4. The number of fused-ring (bicyclic) bond motifs is 3. The summed E-state index contributed by atoms with van der Waals surface area (Å²) in [6, 6.07) is 7.42. The third-order valence-electron chi connectivity index (χ3n) is 7.55. The number of nitrogens with zero attached hydrogens (tertiary/aromatic N) is 4. The fourth-order valence-electron chi connectivity index (χ4n) is 5.99. The minimum atomic E-state index is -0.727. The van der Waals surface area contributed by atoms with Crippen LogP contribution in [0.15, 0.2) is 24.3 Å². The molecule has 2 amide bonds. The molecule has 8 heteroatoms. The van der Waals surface area contributed by atoms with Crippen molar-refractivity contribution >= 4 is 11.8 Å². The van der Waals surface area contributed by atoms with Crippen molar-refractivity contribution in [3.05, 3.63) is 35.6 Å². The van der Waals surface area contributed by atoms with Gasteiger partial charge in [0.2, 0.25) is 11.8 Å². The first-order valence-corrected chi connectivity index (χ1v) is 11.2. The number of rotatable bonds is 6. The van der Waals surface area contributed by atoms with Crippen molar-refractivity contribution in [2.24, 2.45) is 11.7 Å². The number of halogens is 1. The molecule has 31 heavy (non-hydrogen) atoms. The van der Waals surface area contributed by atoms with Crippen LogP contribution in [0.3, 0.4) is 0 Å². The van der Waals surface area contributed by atoms with Gasteiger partial charge in [-0.1, -0.05) is 19.1 Å². The van der Waals surface area contributed by atoms with Crippen molar-refractivity contribution in [3.8, 4) is 6.07 Å². The highest BCUT2D eigenvalue weighted by Gasteiger charge is 2.56. The highest BCUT2D eigenvalue weighted by Crippen LogP contribution is 2.48. The van der Waals surface area contributed by atoms with Gasteiger partial charge in [-0.05, 0) is 49.3 Å². The lowest BCUT2D eigenvalue weighted by Gasteiger charge is -2.39. The number of carbonyl (C=O) groups excluding carboxylic acids is 2. The van der Waals surface area contributed by atoms with Gasteiger partial charge in [0.1, 0.15) is 11.9 Å². The van der Waals surface area contributed by atoms with Crippen LogP contribution >= 0.6 is 0 Å². The summed E-state index contributed by atoms with van der Waals surface area (Å²) >= 11 is 0. The van der Waals surface area contributed by atoms with E-state index >= 15 is 0 Å². The monoisotopic (exact) mass is 425 g/mol. The molecule has 7 atom stereocenters. The quantitative estimate of drug-likeness (QED) is 0.744. The molecule has 3 saturated heterocycles. The van der Waals surface area contributed by atoms with E-state index in [1.54, 1.807) is 17.0 Å². The minimum absolute atomic E-state index is 0.0606. The Morgan fingerprint density at radius 2 is 2.03 bits per heavy atom. The number of piperidine rings is 1. The molecule has 1 unspecified atom stereocenters. The van der Waals surface area contributed by atoms with E-state index in [9.17, 15) is 19.2 Å². The van der Waals surface area contributed by atoms with Crippen molar-refractivity contribution < 1.29 is 14.0 Å².